The van der Waals surface area contributed by atoms with Gasteiger partial charge in [-0.15, -0.1) is 0 Å². The van der Waals surface area contributed by atoms with E-state index in [2.05, 4.69) is 22.2 Å². The van der Waals surface area contributed by atoms with Gasteiger partial charge in [0.25, 0.3) is 0 Å². The summed E-state index contributed by atoms with van der Waals surface area (Å²) in [6, 6.07) is 11.4. The Hall–Kier alpha value is -2.83. The molecule has 1 aromatic heterocycles. The molecule has 1 aliphatic heterocycles. The van der Waals surface area contributed by atoms with Gasteiger partial charge in [0.1, 0.15) is 11.5 Å². The minimum atomic E-state index is -0.0309. The zero-order valence-electron chi connectivity index (χ0n) is 15.9. The average molecular weight is 380 g/mol. The zero-order chi connectivity index (χ0) is 19.5. The van der Waals surface area contributed by atoms with E-state index in [0.29, 0.717) is 17.7 Å². The molecular weight excluding hydrogens is 356 g/mol. The summed E-state index contributed by atoms with van der Waals surface area (Å²) in [5.41, 5.74) is 4.29. The molecule has 0 atom stereocenters. The molecule has 1 aliphatic rings. The van der Waals surface area contributed by atoms with Gasteiger partial charge >= 0.3 is 0 Å². The molecule has 2 N–H and O–H groups in total. The molecule has 0 amide bonds. The lowest BCUT2D eigenvalue weighted by Crippen LogP contribution is -2.35. The summed E-state index contributed by atoms with van der Waals surface area (Å²) in [6.07, 6.45) is 2.31. The second-order valence-corrected chi connectivity index (χ2v) is 7.01. The fraction of sp³-hybridized carbons (Fsp3) is 0.318. The Labute approximate surface area is 164 Å². The van der Waals surface area contributed by atoms with Crippen LogP contribution in [0.3, 0.4) is 0 Å². The number of morpholine rings is 1. The summed E-state index contributed by atoms with van der Waals surface area (Å²) in [6.45, 7) is 6.34. The van der Waals surface area contributed by atoms with Gasteiger partial charge in [0.05, 0.1) is 25.0 Å². The summed E-state index contributed by atoms with van der Waals surface area (Å²) >= 11 is 0. The van der Waals surface area contributed by atoms with Crippen LogP contribution >= 0.6 is 0 Å². The van der Waals surface area contributed by atoms with E-state index in [4.69, 9.17) is 9.26 Å². The first-order valence-corrected chi connectivity index (χ1v) is 9.55. The van der Waals surface area contributed by atoms with Crippen molar-refractivity contribution in [3.8, 4) is 33.9 Å². The number of phenols is 2. The third-order valence-electron chi connectivity index (χ3n) is 5.17. The maximum absolute atomic E-state index is 10.3. The number of hydrogen-bond acceptors (Lipinski definition) is 6. The minimum Gasteiger partial charge on any atom is -0.508 e. The molecule has 0 unspecified atom stereocenters. The fourth-order valence-electron chi connectivity index (χ4n) is 3.53. The SMILES string of the molecule is CCc1cc(-c2oncc2-c2ccc(CN3CCOCC3)cc2)c(O)cc1O. The maximum Gasteiger partial charge on any atom is 0.178 e. The van der Waals surface area contributed by atoms with Crippen LogP contribution in [0.25, 0.3) is 22.5 Å². The van der Waals surface area contributed by atoms with Gasteiger partial charge in [-0.1, -0.05) is 36.3 Å². The van der Waals surface area contributed by atoms with Crippen LogP contribution in [0.5, 0.6) is 11.5 Å². The quantitative estimate of drug-likeness (QED) is 0.701. The highest BCUT2D eigenvalue weighted by molar-refractivity contribution is 5.82. The van der Waals surface area contributed by atoms with Crippen LogP contribution < -0.4 is 0 Å². The molecule has 6 nitrogen and oxygen atoms in total. The Balaban J connectivity index is 1.61. The van der Waals surface area contributed by atoms with Crippen LogP contribution in [0.1, 0.15) is 18.1 Å². The number of rotatable bonds is 5. The molecule has 0 spiro atoms. The van der Waals surface area contributed by atoms with Crippen molar-refractivity contribution < 1.29 is 19.5 Å². The van der Waals surface area contributed by atoms with E-state index in [9.17, 15) is 10.2 Å². The van der Waals surface area contributed by atoms with Gasteiger partial charge in [0.15, 0.2) is 5.76 Å². The van der Waals surface area contributed by atoms with E-state index in [1.54, 1.807) is 12.3 Å². The average Bonchev–Trinajstić information content (AvgIpc) is 3.19. The molecule has 0 saturated carbocycles. The first kappa shape index (κ1) is 18.5. The molecular formula is C22H24N2O4. The summed E-state index contributed by atoms with van der Waals surface area (Å²) in [5, 5.41) is 24.2. The van der Waals surface area contributed by atoms with E-state index < -0.39 is 0 Å². The summed E-state index contributed by atoms with van der Waals surface area (Å²) < 4.78 is 10.9. The lowest BCUT2D eigenvalue weighted by molar-refractivity contribution is 0.0342. The number of nitrogens with zero attached hydrogens (tertiary/aromatic N) is 2. The van der Waals surface area contributed by atoms with Gasteiger partial charge in [-0.2, -0.15) is 0 Å². The molecule has 0 radical (unpaired) electrons. The van der Waals surface area contributed by atoms with Crippen LogP contribution in [0.4, 0.5) is 0 Å². The van der Waals surface area contributed by atoms with Crippen molar-refractivity contribution in [1.82, 2.24) is 10.1 Å². The fourth-order valence-corrected chi connectivity index (χ4v) is 3.53. The van der Waals surface area contributed by atoms with Gasteiger partial charge in [0.2, 0.25) is 0 Å². The number of ether oxygens (including phenoxy) is 1. The Morgan fingerprint density at radius 1 is 1.00 bits per heavy atom. The van der Waals surface area contributed by atoms with Gasteiger partial charge < -0.3 is 19.5 Å². The van der Waals surface area contributed by atoms with Crippen molar-refractivity contribution >= 4 is 0 Å². The van der Waals surface area contributed by atoms with Crippen LogP contribution in [0, 0.1) is 0 Å². The number of aryl methyl sites for hydroxylation is 1. The van der Waals surface area contributed by atoms with Crippen molar-refractivity contribution in [3.05, 3.63) is 53.7 Å². The van der Waals surface area contributed by atoms with Crippen molar-refractivity contribution in [3.63, 3.8) is 0 Å². The van der Waals surface area contributed by atoms with Crippen molar-refractivity contribution in [1.29, 1.82) is 0 Å². The van der Waals surface area contributed by atoms with Crippen LogP contribution in [0.15, 0.2) is 47.1 Å². The van der Waals surface area contributed by atoms with Gasteiger partial charge in [-0.05, 0) is 29.2 Å². The molecule has 0 bridgehead atoms. The Kier molecular flexibility index (Phi) is 5.32. The van der Waals surface area contributed by atoms with E-state index in [1.165, 1.54) is 11.6 Å². The monoisotopic (exact) mass is 380 g/mol. The van der Waals surface area contributed by atoms with Crippen LogP contribution in [-0.4, -0.2) is 46.6 Å². The molecule has 2 aromatic carbocycles. The highest BCUT2D eigenvalue weighted by Crippen LogP contribution is 2.40. The second-order valence-electron chi connectivity index (χ2n) is 7.01. The molecule has 4 rings (SSSR count). The molecule has 6 heteroatoms. The number of benzene rings is 2. The zero-order valence-corrected chi connectivity index (χ0v) is 15.9. The lowest BCUT2D eigenvalue weighted by Gasteiger charge is -2.26. The van der Waals surface area contributed by atoms with Gasteiger partial charge in [-0.25, -0.2) is 0 Å². The molecule has 0 aliphatic carbocycles. The highest BCUT2D eigenvalue weighted by Gasteiger charge is 2.18. The largest absolute Gasteiger partial charge is 0.508 e. The molecule has 3 aromatic rings. The predicted molar refractivity (Wildman–Crippen MR) is 106 cm³/mol. The topological polar surface area (TPSA) is 79.0 Å². The van der Waals surface area contributed by atoms with Crippen LogP contribution in [0.2, 0.25) is 0 Å². The first-order valence-electron chi connectivity index (χ1n) is 9.55. The van der Waals surface area contributed by atoms with Crippen LogP contribution in [-0.2, 0) is 17.7 Å². The lowest BCUT2D eigenvalue weighted by atomic mass is 9.98. The normalized spacial score (nSPS) is 15.0. The third kappa shape index (κ3) is 3.74. The third-order valence-corrected chi connectivity index (χ3v) is 5.17. The smallest absolute Gasteiger partial charge is 0.178 e. The Bertz CT molecular complexity index is 944. The number of phenolic OH excluding ortho intramolecular Hbond substituents is 2. The summed E-state index contributed by atoms with van der Waals surface area (Å²) in [4.78, 5) is 2.38. The Morgan fingerprint density at radius 3 is 2.46 bits per heavy atom. The maximum atomic E-state index is 10.3. The molecule has 2 heterocycles. The number of aromatic hydroxyl groups is 2. The molecule has 28 heavy (non-hydrogen) atoms. The number of aromatic nitrogens is 1. The molecule has 146 valence electrons. The van der Waals surface area contributed by atoms with Crippen molar-refractivity contribution in [2.75, 3.05) is 26.3 Å². The van der Waals surface area contributed by atoms with E-state index >= 15 is 0 Å². The predicted octanol–water partition coefficient (Wildman–Crippen LogP) is 3.81. The van der Waals surface area contributed by atoms with E-state index in [-0.39, 0.29) is 11.5 Å². The highest BCUT2D eigenvalue weighted by atomic mass is 16.5. The summed E-state index contributed by atoms with van der Waals surface area (Å²) in [5.74, 6) is 0.544. The first-order chi connectivity index (χ1) is 13.7. The van der Waals surface area contributed by atoms with Crippen molar-refractivity contribution in [2.45, 2.75) is 19.9 Å². The van der Waals surface area contributed by atoms with E-state index in [1.807, 2.05) is 19.1 Å². The number of hydrogen-bond donors (Lipinski definition) is 2. The van der Waals surface area contributed by atoms with Gasteiger partial charge in [-0.3, -0.25) is 4.90 Å². The van der Waals surface area contributed by atoms with E-state index in [0.717, 1.165) is 49.5 Å². The standard InChI is InChI=1S/C22H24N2O4/c1-2-16-11-18(21(26)12-20(16)25)22-19(13-23-28-22)17-5-3-15(4-6-17)14-24-7-9-27-10-8-24/h3-6,11-13,25-26H,2,7-10,14H2,1H3. The summed E-state index contributed by atoms with van der Waals surface area (Å²) in [7, 11) is 0. The minimum absolute atomic E-state index is 0.0309. The second kappa shape index (κ2) is 8.04. The molecule has 1 saturated heterocycles. The van der Waals surface area contributed by atoms with Gasteiger partial charge in [0, 0.05) is 31.3 Å². The molecule has 1 fully saturated rings. The Morgan fingerprint density at radius 2 is 1.75 bits per heavy atom. The van der Waals surface area contributed by atoms with Crippen molar-refractivity contribution in [2.24, 2.45) is 0 Å².